The molecule has 3 N–H and O–H groups in total. The van der Waals surface area contributed by atoms with E-state index in [1.54, 1.807) is 12.1 Å². The third-order valence-corrected chi connectivity index (χ3v) is 2.80. The van der Waals surface area contributed by atoms with Gasteiger partial charge in [-0.05, 0) is 48.6 Å². The smallest absolute Gasteiger partial charge is 0.335 e. The van der Waals surface area contributed by atoms with E-state index in [9.17, 15) is 4.79 Å². The number of carboxylic acids is 1. The summed E-state index contributed by atoms with van der Waals surface area (Å²) in [4.78, 5) is 10.7. The summed E-state index contributed by atoms with van der Waals surface area (Å²) in [6, 6.07) is 5.35. The van der Waals surface area contributed by atoms with Gasteiger partial charge in [0.25, 0.3) is 0 Å². The zero-order valence-electron chi connectivity index (χ0n) is 7.86. The maximum atomic E-state index is 10.7. The molecule has 1 atom stereocenters. The Bertz CT molecular complexity index is 374. The van der Waals surface area contributed by atoms with Crippen molar-refractivity contribution in [2.24, 2.45) is 11.7 Å². The Morgan fingerprint density at radius 3 is 2.79 bits per heavy atom. The zero-order valence-corrected chi connectivity index (χ0v) is 7.86. The maximum absolute atomic E-state index is 10.7. The highest BCUT2D eigenvalue weighted by Crippen LogP contribution is 2.26. The monoisotopic (exact) mass is 191 g/mol. The Kier molecular flexibility index (Phi) is 2.25. The first-order valence-corrected chi connectivity index (χ1v) is 4.76. The molecule has 0 radical (unpaired) electrons. The normalized spacial score (nSPS) is 19.4. The predicted octanol–water partition coefficient (Wildman–Crippen LogP) is 1.06. The summed E-state index contributed by atoms with van der Waals surface area (Å²) >= 11 is 0. The van der Waals surface area contributed by atoms with Gasteiger partial charge in [0, 0.05) is 0 Å². The average Bonchev–Trinajstić information content (AvgIpc) is 2.58. The molecule has 0 heterocycles. The van der Waals surface area contributed by atoms with Crippen LogP contribution in [0.5, 0.6) is 0 Å². The van der Waals surface area contributed by atoms with E-state index >= 15 is 0 Å². The van der Waals surface area contributed by atoms with E-state index in [1.807, 2.05) is 6.07 Å². The molecule has 1 aromatic carbocycles. The summed E-state index contributed by atoms with van der Waals surface area (Å²) in [7, 11) is 0. The molecule has 74 valence electrons. The van der Waals surface area contributed by atoms with Crippen LogP contribution in [0.1, 0.15) is 21.5 Å². The molecule has 3 heteroatoms. The molecular formula is C11H13NO2. The van der Waals surface area contributed by atoms with E-state index in [2.05, 4.69) is 0 Å². The standard InChI is InChI=1S/C11H13NO2/c12-6-7-3-8-1-2-9(11(13)14)5-10(8)4-7/h1-2,5,7H,3-4,6,12H2,(H,13,14). The minimum absolute atomic E-state index is 0.376. The van der Waals surface area contributed by atoms with Gasteiger partial charge in [-0.2, -0.15) is 0 Å². The summed E-state index contributed by atoms with van der Waals surface area (Å²) in [6.07, 6.45) is 1.92. The highest BCUT2D eigenvalue weighted by Gasteiger charge is 2.20. The Morgan fingerprint density at radius 1 is 1.43 bits per heavy atom. The summed E-state index contributed by atoms with van der Waals surface area (Å²) in [5, 5.41) is 8.81. The quantitative estimate of drug-likeness (QED) is 0.734. The van der Waals surface area contributed by atoms with Gasteiger partial charge in [0.1, 0.15) is 0 Å². The molecule has 0 bridgehead atoms. The lowest BCUT2D eigenvalue weighted by molar-refractivity contribution is 0.0697. The van der Waals surface area contributed by atoms with Gasteiger partial charge in [0.15, 0.2) is 0 Å². The molecule has 0 fully saturated rings. The van der Waals surface area contributed by atoms with Crippen LogP contribution in [-0.2, 0) is 12.8 Å². The highest BCUT2D eigenvalue weighted by molar-refractivity contribution is 5.88. The highest BCUT2D eigenvalue weighted by atomic mass is 16.4. The van der Waals surface area contributed by atoms with Gasteiger partial charge < -0.3 is 10.8 Å². The van der Waals surface area contributed by atoms with Crippen molar-refractivity contribution in [3.05, 3.63) is 34.9 Å². The van der Waals surface area contributed by atoms with Crippen LogP contribution < -0.4 is 5.73 Å². The largest absolute Gasteiger partial charge is 0.478 e. The first-order chi connectivity index (χ1) is 6.70. The molecule has 14 heavy (non-hydrogen) atoms. The number of hydrogen-bond acceptors (Lipinski definition) is 2. The number of carboxylic acid groups (broad SMARTS) is 1. The van der Waals surface area contributed by atoms with E-state index in [0.29, 0.717) is 18.0 Å². The minimum Gasteiger partial charge on any atom is -0.478 e. The number of rotatable bonds is 2. The summed E-state index contributed by atoms with van der Waals surface area (Å²) in [5.74, 6) is -0.363. The summed E-state index contributed by atoms with van der Waals surface area (Å²) in [6.45, 7) is 0.678. The Morgan fingerprint density at radius 2 is 2.14 bits per heavy atom. The average molecular weight is 191 g/mol. The molecule has 1 unspecified atom stereocenters. The predicted molar refractivity (Wildman–Crippen MR) is 53.4 cm³/mol. The van der Waals surface area contributed by atoms with Crippen LogP contribution in [0.25, 0.3) is 0 Å². The molecule has 0 saturated carbocycles. The molecule has 1 aromatic rings. The molecule has 1 aliphatic carbocycles. The molecule has 0 aromatic heterocycles. The van der Waals surface area contributed by atoms with E-state index in [0.717, 1.165) is 18.4 Å². The SMILES string of the molecule is NCC1Cc2ccc(C(=O)O)cc2C1. The first kappa shape index (κ1) is 9.21. The number of fused-ring (bicyclic) bond motifs is 1. The second-order valence-electron chi connectivity index (χ2n) is 3.80. The van der Waals surface area contributed by atoms with Gasteiger partial charge in [0.2, 0.25) is 0 Å². The lowest BCUT2D eigenvalue weighted by atomic mass is 10.1. The lowest BCUT2D eigenvalue weighted by Crippen LogP contribution is -2.13. The minimum atomic E-state index is -0.857. The fraction of sp³-hybridized carbons (Fsp3) is 0.364. The van der Waals surface area contributed by atoms with Crippen LogP contribution >= 0.6 is 0 Å². The Hall–Kier alpha value is -1.35. The van der Waals surface area contributed by atoms with Crippen LogP contribution in [0.2, 0.25) is 0 Å². The second kappa shape index (κ2) is 3.42. The van der Waals surface area contributed by atoms with Crippen molar-refractivity contribution in [3.8, 4) is 0 Å². The maximum Gasteiger partial charge on any atom is 0.335 e. The van der Waals surface area contributed by atoms with Crippen LogP contribution in [0.3, 0.4) is 0 Å². The van der Waals surface area contributed by atoms with Gasteiger partial charge in [-0.15, -0.1) is 0 Å². The Labute approximate surface area is 82.5 Å². The molecule has 0 spiro atoms. The summed E-state index contributed by atoms with van der Waals surface area (Å²) < 4.78 is 0. The lowest BCUT2D eigenvalue weighted by Gasteiger charge is -2.01. The van der Waals surface area contributed by atoms with E-state index in [1.165, 1.54) is 5.56 Å². The zero-order chi connectivity index (χ0) is 10.1. The fourth-order valence-corrected chi connectivity index (χ4v) is 2.01. The van der Waals surface area contributed by atoms with Crippen molar-refractivity contribution >= 4 is 5.97 Å². The third-order valence-electron chi connectivity index (χ3n) is 2.80. The van der Waals surface area contributed by atoms with Gasteiger partial charge in [0.05, 0.1) is 5.56 Å². The number of aromatic carboxylic acids is 1. The van der Waals surface area contributed by atoms with E-state index in [4.69, 9.17) is 10.8 Å². The van der Waals surface area contributed by atoms with Crippen LogP contribution in [-0.4, -0.2) is 17.6 Å². The number of benzene rings is 1. The van der Waals surface area contributed by atoms with Crippen molar-refractivity contribution in [1.82, 2.24) is 0 Å². The van der Waals surface area contributed by atoms with Crippen molar-refractivity contribution in [1.29, 1.82) is 0 Å². The van der Waals surface area contributed by atoms with Crippen molar-refractivity contribution in [2.45, 2.75) is 12.8 Å². The first-order valence-electron chi connectivity index (χ1n) is 4.76. The Balaban J connectivity index is 2.31. The molecule has 3 nitrogen and oxygen atoms in total. The molecular weight excluding hydrogens is 178 g/mol. The topological polar surface area (TPSA) is 63.3 Å². The molecule has 0 aliphatic heterocycles. The van der Waals surface area contributed by atoms with Crippen LogP contribution in [0, 0.1) is 5.92 Å². The molecule has 1 aliphatic rings. The van der Waals surface area contributed by atoms with Gasteiger partial charge >= 0.3 is 5.97 Å². The third kappa shape index (κ3) is 1.51. The van der Waals surface area contributed by atoms with Crippen LogP contribution in [0.4, 0.5) is 0 Å². The van der Waals surface area contributed by atoms with Crippen molar-refractivity contribution in [2.75, 3.05) is 6.54 Å². The van der Waals surface area contributed by atoms with Crippen LogP contribution in [0.15, 0.2) is 18.2 Å². The van der Waals surface area contributed by atoms with E-state index in [-0.39, 0.29) is 0 Å². The molecule has 0 amide bonds. The number of hydrogen-bond donors (Lipinski definition) is 2. The number of nitrogens with two attached hydrogens (primary N) is 1. The number of carbonyl (C=O) groups is 1. The summed E-state index contributed by atoms with van der Waals surface area (Å²) in [5.41, 5.74) is 8.38. The van der Waals surface area contributed by atoms with E-state index < -0.39 is 5.97 Å². The van der Waals surface area contributed by atoms with Gasteiger partial charge in [-0.25, -0.2) is 4.79 Å². The molecule has 0 saturated heterocycles. The van der Waals surface area contributed by atoms with Crippen molar-refractivity contribution < 1.29 is 9.90 Å². The molecule has 2 rings (SSSR count). The van der Waals surface area contributed by atoms with Gasteiger partial charge in [-0.1, -0.05) is 6.07 Å². The van der Waals surface area contributed by atoms with Gasteiger partial charge in [-0.3, -0.25) is 0 Å². The second-order valence-corrected chi connectivity index (χ2v) is 3.80. The van der Waals surface area contributed by atoms with Crippen molar-refractivity contribution in [3.63, 3.8) is 0 Å². The fourth-order valence-electron chi connectivity index (χ4n) is 2.01.